The Bertz CT molecular complexity index is 531. The van der Waals surface area contributed by atoms with Crippen LogP contribution >= 0.6 is 0 Å². The number of aryl methyl sites for hydroxylation is 1. The second kappa shape index (κ2) is 7.93. The van der Waals surface area contributed by atoms with Crippen molar-refractivity contribution in [3.05, 3.63) is 29.3 Å². The van der Waals surface area contributed by atoms with Crippen LogP contribution in [0, 0.1) is 12.8 Å². The number of ketones is 1. The molecule has 1 fully saturated rings. The van der Waals surface area contributed by atoms with Gasteiger partial charge in [-0.15, -0.1) is 0 Å². The van der Waals surface area contributed by atoms with Gasteiger partial charge < -0.3 is 9.47 Å². The van der Waals surface area contributed by atoms with E-state index in [-0.39, 0.29) is 18.0 Å². The van der Waals surface area contributed by atoms with E-state index in [1.165, 1.54) is 0 Å². The fourth-order valence-corrected chi connectivity index (χ4v) is 2.95. The predicted molar refractivity (Wildman–Crippen MR) is 92.3 cm³/mol. The molecule has 1 aliphatic rings. The van der Waals surface area contributed by atoms with Gasteiger partial charge in [0, 0.05) is 18.7 Å². The summed E-state index contributed by atoms with van der Waals surface area (Å²) in [4.78, 5) is 14.7. The molecule has 0 spiro atoms. The molecule has 4 heteroatoms. The molecular formula is C19H29NO3. The molecule has 23 heavy (non-hydrogen) atoms. The third-order valence-electron chi connectivity index (χ3n) is 3.93. The molecule has 1 heterocycles. The third kappa shape index (κ3) is 5.33. The van der Waals surface area contributed by atoms with E-state index < -0.39 is 0 Å². The van der Waals surface area contributed by atoms with Crippen molar-refractivity contribution in [3.8, 4) is 5.75 Å². The molecule has 4 nitrogen and oxygen atoms in total. The van der Waals surface area contributed by atoms with Crippen LogP contribution in [-0.4, -0.2) is 49.1 Å². The molecule has 0 radical (unpaired) electrons. The van der Waals surface area contributed by atoms with Crippen LogP contribution in [0.25, 0.3) is 0 Å². The van der Waals surface area contributed by atoms with Gasteiger partial charge in [-0.2, -0.15) is 0 Å². The summed E-state index contributed by atoms with van der Waals surface area (Å²) >= 11 is 0. The van der Waals surface area contributed by atoms with Crippen LogP contribution in [0.5, 0.6) is 5.75 Å². The molecule has 0 bridgehead atoms. The smallest absolute Gasteiger partial charge is 0.176 e. The molecule has 128 valence electrons. The Morgan fingerprint density at radius 1 is 1.30 bits per heavy atom. The van der Waals surface area contributed by atoms with E-state index in [9.17, 15) is 4.79 Å². The number of rotatable bonds is 6. The fraction of sp³-hybridized carbons (Fsp3) is 0.632. The van der Waals surface area contributed by atoms with Gasteiger partial charge in [0.25, 0.3) is 0 Å². The molecule has 1 aromatic rings. The summed E-state index contributed by atoms with van der Waals surface area (Å²) in [6, 6.07) is 5.72. The monoisotopic (exact) mass is 319 g/mol. The van der Waals surface area contributed by atoms with Crippen LogP contribution in [0.1, 0.15) is 43.6 Å². The number of nitrogens with zero attached hydrogens (tertiary/aromatic N) is 1. The highest BCUT2D eigenvalue weighted by molar-refractivity contribution is 5.98. The molecule has 0 amide bonds. The van der Waals surface area contributed by atoms with Crippen molar-refractivity contribution >= 4 is 5.78 Å². The SMILES string of the molecule is Cc1cc(C(=O)CN2CC(C)OC(C)C2)ccc1OCC(C)C. The lowest BCUT2D eigenvalue weighted by Gasteiger charge is -2.34. The van der Waals surface area contributed by atoms with E-state index in [0.717, 1.165) is 30.0 Å². The first-order valence-electron chi connectivity index (χ1n) is 8.49. The van der Waals surface area contributed by atoms with Gasteiger partial charge in [0.1, 0.15) is 5.75 Å². The lowest BCUT2D eigenvalue weighted by Crippen LogP contribution is -2.47. The predicted octanol–water partition coefficient (Wildman–Crippen LogP) is 3.32. The van der Waals surface area contributed by atoms with Gasteiger partial charge >= 0.3 is 0 Å². The number of Topliss-reactive ketones (excluding diaryl/α,β-unsaturated/α-hetero) is 1. The summed E-state index contributed by atoms with van der Waals surface area (Å²) in [5.41, 5.74) is 1.77. The molecule has 0 aliphatic carbocycles. The average molecular weight is 319 g/mol. The number of morpholine rings is 1. The van der Waals surface area contributed by atoms with Crippen LogP contribution in [0.3, 0.4) is 0 Å². The molecule has 0 N–H and O–H groups in total. The zero-order valence-electron chi connectivity index (χ0n) is 15.0. The highest BCUT2D eigenvalue weighted by Gasteiger charge is 2.24. The van der Waals surface area contributed by atoms with Gasteiger partial charge in [0.2, 0.25) is 0 Å². The topological polar surface area (TPSA) is 38.8 Å². The van der Waals surface area contributed by atoms with Crippen LogP contribution in [0.15, 0.2) is 18.2 Å². The minimum atomic E-state index is 0.157. The summed E-state index contributed by atoms with van der Waals surface area (Å²) in [5, 5.41) is 0. The van der Waals surface area contributed by atoms with E-state index in [0.29, 0.717) is 19.1 Å². The van der Waals surface area contributed by atoms with E-state index in [1.807, 2.05) is 25.1 Å². The molecule has 2 unspecified atom stereocenters. The average Bonchev–Trinajstić information content (AvgIpc) is 2.44. The highest BCUT2D eigenvalue weighted by atomic mass is 16.5. The normalized spacial score (nSPS) is 22.3. The molecule has 1 aliphatic heterocycles. The maximum Gasteiger partial charge on any atom is 0.176 e. The summed E-state index contributed by atoms with van der Waals surface area (Å²) < 4.78 is 11.5. The molecule has 1 saturated heterocycles. The van der Waals surface area contributed by atoms with Gasteiger partial charge in [-0.1, -0.05) is 13.8 Å². The Morgan fingerprint density at radius 3 is 2.52 bits per heavy atom. The number of carbonyl (C=O) groups is 1. The number of hydrogen-bond acceptors (Lipinski definition) is 4. The van der Waals surface area contributed by atoms with E-state index >= 15 is 0 Å². The largest absolute Gasteiger partial charge is 0.493 e. The second-order valence-electron chi connectivity index (χ2n) is 7.06. The highest BCUT2D eigenvalue weighted by Crippen LogP contribution is 2.21. The van der Waals surface area contributed by atoms with Gasteiger partial charge in [-0.05, 0) is 50.5 Å². The summed E-state index contributed by atoms with van der Waals surface area (Å²) in [6.45, 7) is 13.1. The van der Waals surface area contributed by atoms with Crippen LogP contribution in [-0.2, 0) is 4.74 Å². The minimum absolute atomic E-state index is 0.157. The molecule has 0 saturated carbocycles. The van der Waals surface area contributed by atoms with Gasteiger partial charge in [-0.25, -0.2) is 0 Å². The minimum Gasteiger partial charge on any atom is -0.493 e. The zero-order chi connectivity index (χ0) is 17.0. The number of benzene rings is 1. The maximum atomic E-state index is 12.5. The zero-order valence-corrected chi connectivity index (χ0v) is 15.0. The van der Waals surface area contributed by atoms with Crippen molar-refractivity contribution in [1.82, 2.24) is 4.90 Å². The van der Waals surface area contributed by atoms with Gasteiger partial charge in [0.05, 0.1) is 25.4 Å². The first-order chi connectivity index (χ1) is 10.8. The van der Waals surface area contributed by atoms with E-state index in [2.05, 4.69) is 32.6 Å². The van der Waals surface area contributed by atoms with Gasteiger partial charge in [-0.3, -0.25) is 9.69 Å². The second-order valence-corrected chi connectivity index (χ2v) is 7.06. The Morgan fingerprint density at radius 2 is 1.96 bits per heavy atom. The Kier molecular flexibility index (Phi) is 6.19. The van der Waals surface area contributed by atoms with Crippen molar-refractivity contribution < 1.29 is 14.3 Å². The lowest BCUT2D eigenvalue weighted by molar-refractivity contribution is -0.0652. The Hall–Kier alpha value is -1.39. The number of hydrogen-bond donors (Lipinski definition) is 0. The van der Waals surface area contributed by atoms with Crippen molar-refractivity contribution in [2.75, 3.05) is 26.2 Å². The van der Waals surface area contributed by atoms with Crippen LogP contribution < -0.4 is 4.74 Å². The Balaban J connectivity index is 1.98. The van der Waals surface area contributed by atoms with Crippen molar-refractivity contribution in [3.63, 3.8) is 0 Å². The molecule has 2 rings (SSSR count). The van der Waals surface area contributed by atoms with Gasteiger partial charge in [0.15, 0.2) is 5.78 Å². The summed E-state index contributed by atoms with van der Waals surface area (Å²) in [5.74, 6) is 1.51. The van der Waals surface area contributed by atoms with Crippen molar-refractivity contribution in [2.24, 2.45) is 5.92 Å². The third-order valence-corrected chi connectivity index (χ3v) is 3.93. The first-order valence-corrected chi connectivity index (χ1v) is 8.49. The van der Waals surface area contributed by atoms with E-state index in [4.69, 9.17) is 9.47 Å². The standard InChI is InChI=1S/C19H29NO3/c1-13(2)12-22-19-7-6-17(8-14(19)3)18(21)11-20-9-15(4)23-16(5)10-20/h6-8,13,15-16H,9-12H2,1-5H3. The Labute approximate surface area is 139 Å². The number of carbonyl (C=O) groups excluding carboxylic acids is 1. The first kappa shape index (κ1) is 18.0. The summed E-state index contributed by atoms with van der Waals surface area (Å²) in [7, 11) is 0. The molecule has 0 aromatic heterocycles. The lowest BCUT2D eigenvalue weighted by atomic mass is 10.1. The molecule has 1 aromatic carbocycles. The maximum absolute atomic E-state index is 12.5. The van der Waals surface area contributed by atoms with E-state index in [1.54, 1.807) is 0 Å². The van der Waals surface area contributed by atoms with Crippen LogP contribution in [0.4, 0.5) is 0 Å². The van der Waals surface area contributed by atoms with Crippen molar-refractivity contribution in [1.29, 1.82) is 0 Å². The van der Waals surface area contributed by atoms with Crippen LogP contribution in [0.2, 0.25) is 0 Å². The quantitative estimate of drug-likeness (QED) is 0.754. The van der Waals surface area contributed by atoms with Crippen molar-refractivity contribution in [2.45, 2.75) is 46.8 Å². The fourth-order valence-electron chi connectivity index (χ4n) is 2.95. The number of ether oxygens (including phenoxy) is 2. The summed E-state index contributed by atoms with van der Waals surface area (Å²) in [6.07, 6.45) is 0.361. The molecule has 2 atom stereocenters. The molecular weight excluding hydrogens is 290 g/mol.